The molecule has 0 aromatic heterocycles. The Morgan fingerprint density at radius 1 is 0.750 bits per heavy atom. The van der Waals surface area contributed by atoms with E-state index in [0.717, 1.165) is 0 Å². The Balaban J connectivity index is 3.56. The van der Waals surface area contributed by atoms with Crippen molar-refractivity contribution in [3.63, 3.8) is 0 Å². The quantitative estimate of drug-likeness (QED) is 0.745. The molecule has 1 atom stereocenters. The van der Waals surface area contributed by atoms with Crippen LogP contribution in [0.15, 0.2) is 0 Å². The van der Waals surface area contributed by atoms with Gasteiger partial charge < -0.3 is 5.11 Å². The molecule has 24 heavy (non-hydrogen) atoms. The summed E-state index contributed by atoms with van der Waals surface area (Å²) in [6.07, 6.45) is -7.40. The first-order chi connectivity index (χ1) is 10.2. The fourth-order valence-electron chi connectivity index (χ4n) is 1.50. The Morgan fingerprint density at radius 2 is 1.08 bits per heavy atom. The van der Waals surface area contributed by atoms with Gasteiger partial charge in [-0.1, -0.05) is 0 Å². The van der Waals surface area contributed by atoms with Crippen LogP contribution in [0.2, 0.25) is 0 Å². The van der Waals surface area contributed by atoms with Gasteiger partial charge in [0.1, 0.15) is 0 Å². The molecular weight excluding hydrogens is 391 g/mol. The van der Waals surface area contributed by atoms with E-state index in [2.05, 4.69) is 0 Å². The lowest BCUT2D eigenvalue weighted by Crippen LogP contribution is -2.87. The molecule has 3 nitrogen and oxygen atoms in total. The maximum Gasteiger partial charge on any atom is 0.455 e. The fourth-order valence-corrected chi connectivity index (χ4v) is 1.50. The molecule has 0 aromatic rings. The molecule has 1 aliphatic rings. The van der Waals surface area contributed by atoms with Gasteiger partial charge in [0.2, 0.25) is 0 Å². The van der Waals surface area contributed by atoms with Gasteiger partial charge in [0, 0.05) is 0 Å². The molecule has 1 fully saturated rings. The molecular formula is C8HF13O3. The van der Waals surface area contributed by atoms with Crippen LogP contribution in [0.4, 0.5) is 57.1 Å². The minimum absolute atomic E-state index is 1.75. The molecule has 1 rings (SSSR count). The van der Waals surface area contributed by atoms with Crippen molar-refractivity contribution >= 4 is 5.97 Å². The number of carbonyl (C=O) groups is 1. The highest BCUT2D eigenvalue weighted by molar-refractivity contribution is 5.77. The summed E-state index contributed by atoms with van der Waals surface area (Å²) < 4.78 is 166. The second-order valence-corrected chi connectivity index (χ2v) is 4.39. The number of carboxylic acid groups (broad SMARTS) is 1. The fraction of sp³-hybridized carbons (Fsp3) is 0.875. The van der Waals surface area contributed by atoms with Crippen LogP contribution in [0.3, 0.4) is 0 Å². The second kappa shape index (κ2) is 4.57. The Hall–Kier alpha value is -1.48. The third-order valence-electron chi connectivity index (χ3n) is 2.91. The average molecular weight is 392 g/mol. The van der Waals surface area contributed by atoms with Crippen LogP contribution in [0, 0.1) is 0 Å². The number of alkyl halides is 13. The first kappa shape index (κ1) is 20.6. The number of hydrogen-bond donors (Lipinski definition) is 1. The molecule has 0 aliphatic heterocycles. The molecule has 16 heteroatoms. The van der Waals surface area contributed by atoms with Crippen LogP contribution >= 0.6 is 0 Å². The average Bonchev–Trinajstić information content (AvgIpc) is 2.34. The molecule has 0 amide bonds. The van der Waals surface area contributed by atoms with Gasteiger partial charge in [-0.2, -0.15) is 57.1 Å². The Bertz CT molecular complexity index is 534. The summed E-state index contributed by atoms with van der Waals surface area (Å²) in [4.78, 5) is 9.94. The van der Waals surface area contributed by atoms with Crippen molar-refractivity contribution < 1.29 is 71.7 Å². The first-order valence-corrected chi connectivity index (χ1v) is 5.04. The summed E-state index contributed by atoms with van der Waals surface area (Å²) in [5, 5.41) is 7.78. The van der Waals surface area contributed by atoms with Crippen molar-refractivity contribution in [2.75, 3.05) is 0 Å². The third-order valence-corrected chi connectivity index (χ3v) is 2.91. The number of halogens is 13. The van der Waals surface area contributed by atoms with Crippen molar-refractivity contribution in [2.24, 2.45) is 0 Å². The number of rotatable bonds is 4. The molecule has 142 valence electrons. The summed E-state index contributed by atoms with van der Waals surface area (Å²) in [5.74, 6) is -45.8. The molecule has 1 N–H and O–H groups in total. The minimum Gasteiger partial charge on any atom is -0.477 e. The lowest BCUT2D eigenvalue weighted by atomic mass is 9.77. The van der Waals surface area contributed by atoms with Gasteiger partial charge in [0.25, 0.3) is 0 Å². The number of hydrogen-bond acceptors (Lipinski definition) is 2. The topological polar surface area (TPSA) is 46.5 Å². The van der Waals surface area contributed by atoms with Crippen molar-refractivity contribution in [1.29, 1.82) is 0 Å². The monoisotopic (exact) mass is 392 g/mol. The summed E-state index contributed by atoms with van der Waals surface area (Å²) in [6.45, 7) is 0. The zero-order valence-electron chi connectivity index (χ0n) is 10.2. The van der Waals surface area contributed by atoms with Crippen LogP contribution in [-0.4, -0.2) is 52.7 Å². The van der Waals surface area contributed by atoms with Crippen molar-refractivity contribution in [2.45, 2.75) is 41.6 Å². The molecule has 1 unspecified atom stereocenters. The normalized spacial score (nSPS) is 27.0. The van der Waals surface area contributed by atoms with Gasteiger partial charge in [-0.15, -0.1) is 0 Å². The van der Waals surface area contributed by atoms with Crippen LogP contribution in [-0.2, 0) is 9.53 Å². The zero-order chi connectivity index (χ0) is 19.8. The van der Waals surface area contributed by atoms with Gasteiger partial charge in [0.05, 0.1) is 0 Å². The predicted molar refractivity (Wildman–Crippen MR) is 42.2 cm³/mol. The predicted octanol–water partition coefficient (Wildman–Crippen LogP) is 3.54. The lowest BCUT2D eigenvalue weighted by Gasteiger charge is -2.54. The van der Waals surface area contributed by atoms with E-state index in [1.54, 1.807) is 4.74 Å². The van der Waals surface area contributed by atoms with E-state index in [-0.39, 0.29) is 0 Å². The summed E-state index contributed by atoms with van der Waals surface area (Å²) >= 11 is 0. The van der Waals surface area contributed by atoms with E-state index in [1.165, 1.54) is 0 Å². The molecule has 0 spiro atoms. The van der Waals surface area contributed by atoms with Crippen molar-refractivity contribution in [1.82, 2.24) is 0 Å². The van der Waals surface area contributed by atoms with Crippen LogP contribution in [0.25, 0.3) is 0 Å². The summed E-state index contributed by atoms with van der Waals surface area (Å²) in [5.41, 5.74) is 0. The first-order valence-electron chi connectivity index (χ1n) is 5.04. The second-order valence-electron chi connectivity index (χ2n) is 4.39. The zero-order valence-corrected chi connectivity index (χ0v) is 10.2. The SMILES string of the molecule is O=C(O)C(F)(F)C(F)(OC1(F)C(F)(F)C(F)(F)C1(F)F)C(F)(F)F. The maximum atomic E-state index is 13.4. The molecule has 1 aliphatic carbocycles. The molecule has 0 radical (unpaired) electrons. The molecule has 0 saturated heterocycles. The van der Waals surface area contributed by atoms with E-state index in [4.69, 9.17) is 5.11 Å². The van der Waals surface area contributed by atoms with E-state index in [0.29, 0.717) is 0 Å². The minimum atomic E-state index is -7.40. The Kier molecular flexibility index (Phi) is 3.92. The molecule has 1 saturated carbocycles. The summed E-state index contributed by atoms with van der Waals surface area (Å²) in [7, 11) is 0. The Labute approximate surface area is 121 Å². The molecule has 0 bridgehead atoms. The van der Waals surface area contributed by atoms with E-state index in [1.807, 2.05) is 0 Å². The van der Waals surface area contributed by atoms with Gasteiger partial charge in [-0.25, -0.2) is 4.79 Å². The number of ether oxygens (including phenoxy) is 1. The van der Waals surface area contributed by atoms with Crippen LogP contribution in [0.5, 0.6) is 0 Å². The smallest absolute Gasteiger partial charge is 0.455 e. The van der Waals surface area contributed by atoms with Crippen molar-refractivity contribution in [3.8, 4) is 0 Å². The van der Waals surface area contributed by atoms with Gasteiger partial charge >= 0.3 is 47.5 Å². The maximum absolute atomic E-state index is 13.4. The number of aliphatic carboxylic acids is 1. The highest BCUT2D eigenvalue weighted by atomic mass is 19.4. The number of carboxylic acids is 1. The standard InChI is InChI=1S/C8HF13O3/c9-2(10,1(22)23)6(17,8(19,20)21)24-7(18)4(13,14)3(11,12)5(7,15)16/h(H,22,23). The Morgan fingerprint density at radius 3 is 1.33 bits per heavy atom. The van der Waals surface area contributed by atoms with Gasteiger partial charge in [0.15, 0.2) is 0 Å². The van der Waals surface area contributed by atoms with Crippen molar-refractivity contribution in [3.05, 3.63) is 0 Å². The van der Waals surface area contributed by atoms with E-state index >= 15 is 0 Å². The lowest BCUT2D eigenvalue weighted by molar-refractivity contribution is -0.572. The summed E-state index contributed by atoms with van der Waals surface area (Å²) in [6, 6.07) is 0. The van der Waals surface area contributed by atoms with E-state index in [9.17, 15) is 61.9 Å². The van der Waals surface area contributed by atoms with E-state index < -0.39 is 47.5 Å². The third kappa shape index (κ3) is 1.88. The van der Waals surface area contributed by atoms with Crippen LogP contribution in [0.1, 0.15) is 0 Å². The molecule has 0 heterocycles. The molecule has 0 aromatic carbocycles. The van der Waals surface area contributed by atoms with Gasteiger partial charge in [-0.3, -0.25) is 4.74 Å². The highest BCUT2D eigenvalue weighted by Crippen LogP contribution is 2.71. The largest absolute Gasteiger partial charge is 0.477 e. The van der Waals surface area contributed by atoms with Gasteiger partial charge in [-0.05, 0) is 0 Å². The highest BCUT2D eigenvalue weighted by Gasteiger charge is 3.03. The van der Waals surface area contributed by atoms with Crippen LogP contribution < -0.4 is 0 Å².